The molecule has 8 aromatic carbocycles. The van der Waals surface area contributed by atoms with Gasteiger partial charge in [-0.2, -0.15) is 0 Å². The van der Waals surface area contributed by atoms with E-state index in [1.807, 2.05) is 0 Å². The van der Waals surface area contributed by atoms with Gasteiger partial charge >= 0.3 is 0 Å². The second-order valence-corrected chi connectivity index (χ2v) is 24.2. The maximum Gasteiger partial charge on any atom is 0.206 e. The Kier molecular flexibility index (Phi) is 12.5. The van der Waals surface area contributed by atoms with Crippen LogP contribution in [0.5, 0.6) is 0 Å². The van der Waals surface area contributed by atoms with Gasteiger partial charge in [-0.15, -0.1) is 0 Å². The zero-order chi connectivity index (χ0) is 42.1. The van der Waals surface area contributed by atoms with Crippen molar-refractivity contribution in [3.63, 3.8) is 0 Å². The molecule has 0 heterocycles. The summed E-state index contributed by atoms with van der Waals surface area (Å²) >= 11 is 0. The van der Waals surface area contributed by atoms with Crippen LogP contribution in [0.25, 0.3) is 24.3 Å². The highest BCUT2D eigenvalue weighted by Gasteiger charge is 2.36. The molecule has 0 amide bonds. The molecular weight excluding hydrogens is 773 g/mol. The van der Waals surface area contributed by atoms with E-state index in [0.717, 1.165) is 45.3 Å². The maximum absolute atomic E-state index is 7.16. The van der Waals surface area contributed by atoms with Crippen molar-refractivity contribution in [2.45, 2.75) is 26.2 Å². The Hall–Kier alpha value is -6.77. The van der Waals surface area contributed by atoms with Crippen LogP contribution in [-0.4, -0.2) is 16.6 Å². The minimum absolute atomic E-state index is 1.12. The molecule has 0 aliphatic rings. The minimum Gasteiger partial charge on any atom is -0.449 e. The number of hydrogen-bond donors (Lipinski definition) is 0. The summed E-state index contributed by atoms with van der Waals surface area (Å²) in [6.45, 7) is 9.29. The highest BCUT2D eigenvalue weighted by atomic mass is 28.4. The zero-order valence-electron chi connectivity index (χ0n) is 35.4. The fraction of sp³-hybridized carbons (Fsp3) is 0.0714. The van der Waals surface area contributed by atoms with Crippen molar-refractivity contribution in [1.29, 1.82) is 0 Å². The molecule has 0 aromatic heterocycles. The van der Waals surface area contributed by atoms with E-state index in [9.17, 15) is 0 Å². The van der Waals surface area contributed by atoms with Gasteiger partial charge in [-0.1, -0.05) is 170 Å². The van der Waals surface area contributed by atoms with E-state index in [-0.39, 0.29) is 0 Å². The average molecular weight is 825 g/mol. The quantitative estimate of drug-likeness (QED) is 0.0802. The van der Waals surface area contributed by atoms with Crippen molar-refractivity contribution in [2.24, 2.45) is 0 Å². The number of nitrogens with zero attached hydrogens (tertiary/aromatic N) is 2. The van der Waals surface area contributed by atoms with Crippen molar-refractivity contribution >= 4 is 85.4 Å². The van der Waals surface area contributed by atoms with Gasteiger partial charge in [0.25, 0.3) is 0 Å². The first kappa shape index (κ1) is 41.0. The molecule has 5 heteroatoms. The molecule has 300 valence electrons. The van der Waals surface area contributed by atoms with Gasteiger partial charge < -0.3 is 13.9 Å². The van der Waals surface area contributed by atoms with Gasteiger partial charge in [-0.25, -0.2) is 0 Å². The number of rotatable bonds is 14. The molecule has 0 spiro atoms. The molecule has 0 bridgehead atoms. The Bertz CT molecular complexity index is 2390. The van der Waals surface area contributed by atoms with Gasteiger partial charge in [0.15, 0.2) is 0 Å². The first-order chi connectivity index (χ1) is 29.7. The van der Waals surface area contributed by atoms with Gasteiger partial charge in [0.1, 0.15) is 0 Å². The van der Waals surface area contributed by atoms with Gasteiger partial charge in [0.2, 0.25) is 16.6 Å². The number of benzene rings is 8. The Morgan fingerprint density at radius 3 is 0.738 bits per heavy atom. The molecule has 61 heavy (non-hydrogen) atoms. The molecule has 0 fully saturated rings. The Morgan fingerprint density at radius 2 is 0.492 bits per heavy atom. The summed E-state index contributed by atoms with van der Waals surface area (Å²) in [5.41, 5.74) is 11.4. The summed E-state index contributed by atoms with van der Waals surface area (Å²) in [7, 11) is -4.39. The van der Waals surface area contributed by atoms with E-state index in [1.54, 1.807) is 0 Å². The summed E-state index contributed by atoms with van der Waals surface area (Å²) in [4.78, 5) is 4.57. The summed E-state index contributed by atoms with van der Waals surface area (Å²) in [5, 5.41) is 2.61. The number of hydrogen-bond acceptors (Lipinski definition) is 3. The summed E-state index contributed by atoms with van der Waals surface area (Å²) in [5.74, 6) is 0. The van der Waals surface area contributed by atoms with Crippen LogP contribution in [0.15, 0.2) is 218 Å². The predicted molar refractivity (Wildman–Crippen MR) is 268 cm³/mol. The van der Waals surface area contributed by atoms with Crippen LogP contribution >= 0.6 is 0 Å². The number of anilines is 6. The Labute approximate surface area is 364 Å². The fourth-order valence-corrected chi connectivity index (χ4v) is 15.8. The first-order valence-corrected chi connectivity index (χ1v) is 26.8. The van der Waals surface area contributed by atoms with Gasteiger partial charge in [0.05, 0.1) is 0 Å². The summed E-state index contributed by atoms with van der Waals surface area (Å²) in [6.07, 6.45) is 8.75. The molecule has 0 aliphatic carbocycles. The lowest BCUT2D eigenvalue weighted by Gasteiger charge is -2.34. The lowest BCUT2D eigenvalue weighted by atomic mass is 10.1. The van der Waals surface area contributed by atoms with Crippen LogP contribution in [-0.2, 0) is 4.12 Å². The maximum atomic E-state index is 7.16. The van der Waals surface area contributed by atoms with Crippen molar-refractivity contribution in [3.8, 4) is 0 Å². The fourth-order valence-electron chi connectivity index (χ4n) is 7.80. The monoisotopic (exact) mass is 824 g/mol. The molecule has 3 nitrogen and oxygen atoms in total. The van der Waals surface area contributed by atoms with Crippen molar-refractivity contribution in [1.82, 2.24) is 0 Å². The Morgan fingerprint density at radius 1 is 0.279 bits per heavy atom. The van der Waals surface area contributed by atoms with Crippen molar-refractivity contribution in [2.75, 3.05) is 9.80 Å². The second-order valence-electron chi connectivity index (χ2n) is 16.2. The first-order valence-electron chi connectivity index (χ1n) is 21.0. The minimum atomic E-state index is -2.19. The third-order valence-electron chi connectivity index (χ3n) is 11.0. The molecule has 8 aromatic rings. The zero-order valence-corrected chi connectivity index (χ0v) is 37.4. The van der Waals surface area contributed by atoms with Gasteiger partial charge in [-0.3, -0.25) is 0 Å². The van der Waals surface area contributed by atoms with Crippen molar-refractivity contribution in [3.05, 3.63) is 241 Å². The van der Waals surface area contributed by atoms with Crippen LogP contribution in [0.2, 0.25) is 26.2 Å². The highest BCUT2D eigenvalue weighted by Crippen LogP contribution is 2.35. The van der Waals surface area contributed by atoms with Crippen LogP contribution in [0.3, 0.4) is 0 Å². The molecule has 0 saturated carbocycles. The smallest absolute Gasteiger partial charge is 0.206 e. The predicted octanol–water partition coefficient (Wildman–Crippen LogP) is 14.5. The van der Waals surface area contributed by atoms with E-state index in [4.69, 9.17) is 4.12 Å². The summed E-state index contributed by atoms with van der Waals surface area (Å²) in [6, 6.07) is 77.5. The third kappa shape index (κ3) is 10.2. The van der Waals surface area contributed by atoms with E-state index >= 15 is 0 Å². The third-order valence-corrected chi connectivity index (χ3v) is 18.5. The van der Waals surface area contributed by atoms with Crippen LogP contribution < -0.4 is 20.2 Å². The van der Waals surface area contributed by atoms with E-state index in [1.165, 1.54) is 21.5 Å². The molecule has 0 saturated heterocycles. The lowest BCUT2D eigenvalue weighted by molar-refractivity contribution is 0.573. The molecular formula is C56H52N2OSi2. The van der Waals surface area contributed by atoms with Gasteiger partial charge in [-0.05, 0) is 132 Å². The molecule has 0 radical (unpaired) electrons. The SMILES string of the molecule is C[Si](C)(O[Si](C)(C)c1ccc(/C=C/c2ccc(N(c3ccccc3)c3ccccc3)cc2)cc1)c1ccc(/C=C/c2ccc(N(c3ccccc3)c3ccccc3)cc2)cc1. The lowest BCUT2D eigenvalue weighted by Crippen LogP contribution is -2.57. The van der Waals surface area contributed by atoms with Crippen LogP contribution in [0, 0.1) is 0 Å². The molecule has 0 N–H and O–H groups in total. The standard InChI is InChI=1S/C56H52N2OSi2/c1-60(2,55-41-33-47(34-42-55)27-25-45-29-37-53(38-30-45)57(49-17-9-5-10-18-49)50-19-11-6-12-20-50)59-61(3,4)56-43-35-48(36-44-56)28-26-46-31-39-54(40-32-46)58(51-21-13-7-14-22-51)52-23-15-8-16-24-52/h5-44H,1-4H3/b27-25+,28-26+. The molecule has 8 rings (SSSR count). The average Bonchev–Trinajstić information content (AvgIpc) is 3.30. The molecule has 0 atom stereocenters. The second kappa shape index (κ2) is 18.7. The topological polar surface area (TPSA) is 15.7 Å². The molecule has 0 unspecified atom stereocenters. The highest BCUT2D eigenvalue weighted by molar-refractivity contribution is 6.96. The van der Waals surface area contributed by atoms with Crippen molar-refractivity contribution < 1.29 is 4.12 Å². The van der Waals surface area contributed by atoms with E-state index in [0.29, 0.717) is 0 Å². The molecule has 0 aliphatic heterocycles. The largest absolute Gasteiger partial charge is 0.449 e. The van der Waals surface area contributed by atoms with Crippen LogP contribution in [0.1, 0.15) is 22.3 Å². The number of para-hydroxylation sites is 4. The normalized spacial score (nSPS) is 11.9. The summed E-state index contributed by atoms with van der Waals surface area (Å²) < 4.78 is 7.16. The van der Waals surface area contributed by atoms with Crippen LogP contribution in [0.4, 0.5) is 34.1 Å². The van der Waals surface area contributed by atoms with E-state index < -0.39 is 16.6 Å². The van der Waals surface area contributed by atoms with E-state index in [2.05, 4.69) is 279 Å². The van der Waals surface area contributed by atoms with Gasteiger partial charge in [0, 0.05) is 34.1 Å². The Balaban J connectivity index is 0.887.